The second-order valence-corrected chi connectivity index (χ2v) is 4.81. The van der Waals surface area contributed by atoms with Gasteiger partial charge in [-0.2, -0.15) is 0 Å². The molecule has 78 valence electrons. The maximum absolute atomic E-state index is 11.9. The molecule has 1 aliphatic rings. The minimum Gasteiger partial charge on any atom is -0.294 e. The molecule has 1 nitrogen and oxygen atoms in total. The van der Waals surface area contributed by atoms with Crippen LogP contribution in [-0.4, -0.2) is 5.78 Å². The maximum atomic E-state index is 11.9. The maximum Gasteiger partial charge on any atom is 0.162 e. The molecule has 0 fully saturated rings. The summed E-state index contributed by atoms with van der Waals surface area (Å²) in [5.74, 6) is 0.346. The summed E-state index contributed by atoms with van der Waals surface area (Å²) in [7, 11) is 0. The molecule has 1 aliphatic carbocycles. The lowest BCUT2D eigenvalue weighted by molar-refractivity contribution is -0.120. The van der Waals surface area contributed by atoms with Gasteiger partial charge in [-0.3, -0.25) is 4.79 Å². The third-order valence-corrected chi connectivity index (χ3v) is 3.11. The average molecular weight is 192 g/mol. The molecule has 0 saturated carbocycles. The molecule has 14 heavy (non-hydrogen) atoms. The Bertz CT molecular complexity index is 282. The second kappa shape index (κ2) is 4.12. The van der Waals surface area contributed by atoms with Crippen LogP contribution in [0.25, 0.3) is 0 Å². The SMILES string of the molecule is C/C=C\C(=O)C1C(C)=CCCC1(C)C. The highest BCUT2D eigenvalue weighted by molar-refractivity contribution is 5.94. The van der Waals surface area contributed by atoms with E-state index in [9.17, 15) is 4.79 Å². The normalized spacial score (nSPS) is 26.3. The van der Waals surface area contributed by atoms with Crippen LogP contribution in [-0.2, 0) is 4.79 Å². The van der Waals surface area contributed by atoms with Gasteiger partial charge >= 0.3 is 0 Å². The molecule has 1 unspecified atom stereocenters. The zero-order valence-corrected chi connectivity index (χ0v) is 9.63. The molecular formula is C13H20O. The van der Waals surface area contributed by atoms with E-state index in [-0.39, 0.29) is 17.1 Å². The molecule has 0 aromatic rings. The van der Waals surface area contributed by atoms with Crippen LogP contribution in [0.4, 0.5) is 0 Å². The fourth-order valence-corrected chi connectivity index (χ4v) is 2.42. The molecule has 1 heteroatoms. The molecule has 0 spiro atoms. The Morgan fingerprint density at radius 2 is 2.21 bits per heavy atom. The van der Waals surface area contributed by atoms with Crippen molar-refractivity contribution in [2.75, 3.05) is 0 Å². The van der Waals surface area contributed by atoms with Crippen molar-refractivity contribution in [1.82, 2.24) is 0 Å². The van der Waals surface area contributed by atoms with E-state index >= 15 is 0 Å². The first-order valence-corrected chi connectivity index (χ1v) is 5.32. The van der Waals surface area contributed by atoms with Crippen LogP contribution >= 0.6 is 0 Å². The number of hydrogen-bond acceptors (Lipinski definition) is 1. The largest absolute Gasteiger partial charge is 0.294 e. The zero-order chi connectivity index (χ0) is 10.8. The zero-order valence-electron chi connectivity index (χ0n) is 9.63. The molecule has 1 rings (SSSR count). The number of carbonyl (C=O) groups is 1. The van der Waals surface area contributed by atoms with Crippen molar-refractivity contribution in [3.8, 4) is 0 Å². The van der Waals surface area contributed by atoms with Crippen molar-refractivity contribution in [1.29, 1.82) is 0 Å². The van der Waals surface area contributed by atoms with Gasteiger partial charge in [0.25, 0.3) is 0 Å². The summed E-state index contributed by atoms with van der Waals surface area (Å²) >= 11 is 0. The van der Waals surface area contributed by atoms with E-state index in [4.69, 9.17) is 0 Å². The second-order valence-electron chi connectivity index (χ2n) is 4.81. The average Bonchev–Trinajstić information content (AvgIpc) is 2.02. The van der Waals surface area contributed by atoms with E-state index in [1.165, 1.54) is 5.57 Å². The van der Waals surface area contributed by atoms with E-state index in [1.807, 2.05) is 13.0 Å². The fourth-order valence-electron chi connectivity index (χ4n) is 2.42. The van der Waals surface area contributed by atoms with Crippen molar-refractivity contribution in [3.63, 3.8) is 0 Å². The predicted octanol–water partition coefficient (Wildman–Crippen LogP) is 3.51. The number of allylic oxidation sites excluding steroid dienone is 4. The van der Waals surface area contributed by atoms with Gasteiger partial charge in [-0.1, -0.05) is 31.6 Å². The van der Waals surface area contributed by atoms with Crippen molar-refractivity contribution >= 4 is 5.78 Å². The number of carbonyl (C=O) groups excluding carboxylic acids is 1. The topological polar surface area (TPSA) is 17.1 Å². The Labute approximate surface area is 86.9 Å². The van der Waals surface area contributed by atoms with Gasteiger partial charge in [-0.25, -0.2) is 0 Å². The summed E-state index contributed by atoms with van der Waals surface area (Å²) in [5.41, 5.74) is 1.36. The van der Waals surface area contributed by atoms with E-state index in [2.05, 4.69) is 26.8 Å². The number of ketones is 1. The summed E-state index contributed by atoms with van der Waals surface area (Å²) in [6.45, 7) is 8.35. The molecule has 0 radical (unpaired) electrons. The monoisotopic (exact) mass is 192 g/mol. The molecule has 1 atom stereocenters. The first kappa shape index (κ1) is 11.2. The Hall–Kier alpha value is -0.850. The van der Waals surface area contributed by atoms with E-state index < -0.39 is 0 Å². The lowest BCUT2D eigenvalue weighted by Crippen LogP contribution is -2.33. The molecule has 0 N–H and O–H groups in total. The van der Waals surface area contributed by atoms with Crippen LogP contribution in [0.1, 0.15) is 40.5 Å². The third-order valence-electron chi connectivity index (χ3n) is 3.11. The summed E-state index contributed by atoms with van der Waals surface area (Å²) in [6.07, 6.45) is 7.96. The van der Waals surface area contributed by atoms with Crippen molar-refractivity contribution in [3.05, 3.63) is 23.8 Å². The predicted molar refractivity (Wildman–Crippen MR) is 60.1 cm³/mol. The molecule has 0 heterocycles. The highest BCUT2D eigenvalue weighted by Gasteiger charge is 2.36. The molecule has 0 bridgehead atoms. The summed E-state index contributed by atoms with van der Waals surface area (Å²) in [4.78, 5) is 11.9. The van der Waals surface area contributed by atoms with Crippen LogP contribution in [0.5, 0.6) is 0 Å². The fraction of sp³-hybridized carbons (Fsp3) is 0.615. The Morgan fingerprint density at radius 3 is 2.71 bits per heavy atom. The highest BCUT2D eigenvalue weighted by atomic mass is 16.1. The van der Waals surface area contributed by atoms with Gasteiger partial charge in [0.2, 0.25) is 0 Å². The van der Waals surface area contributed by atoms with Crippen LogP contribution in [0.2, 0.25) is 0 Å². The van der Waals surface area contributed by atoms with E-state index in [0.29, 0.717) is 0 Å². The molecular weight excluding hydrogens is 172 g/mol. The number of rotatable bonds is 2. The van der Waals surface area contributed by atoms with Gasteiger partial charge in [0.05, 0.1) is 0 Å². The third kappa shape index (κ3) is 2.14. The Balaban J connectivity index is 2.97. The van der Waals surface area contributed by atoms with Gasteiger partial charge in [0.15, 0.2) is 5.78 Å². The van der Waals surface area contributed by atoms with Crippen molar-refractivity contribution < 1.29 is 4.79 Å². The minimum absolute atomic E-state index is 0.0902. The first-order valence-electron chi connectivity index (χ1n) is 5.32. The number of hydrogen-bond donors (Lipinski definition) is 0. The minimum atomic E-state index is 0.0902. The van der Waals surface area contributed by atoms with Crippen LogP contribution in [0.15, 0.2) is 23.8 Å². The molecule has 0 aromatic carbocycles. The molecule has 0 saturated heterocycles. The van der Waals surface area contributed by atoms with Gasteiger partial charge in [-0.15, -0.1) is 0 Å². The standard InChI is InChI=1S/C13H20O/c1-5-7-11(14)12-10(2)8-6-9-13(12,3)4/h5,7-8,12H,6,9H2,1-4H3/b7-5-. The van der Waals surface area contributed by atoms with Gasteiger partial charge in [-0.05, 0) is 38.2 Å². The van der Waals surface area contributed by atoms with Gasteiger partial charge < -0.3 is 0 Å². The van der Waals surface area contributed by atoms with Crippen LogP contribution < -0.4 is 0 Å². The van der Waals surface area contributed by atoms with Crippen molar-refractivity contribution in [2.45, 2.75) is 40.5 Å². The Morgan fingerprint density at radius 1 is 1.57 bits per heavy atom. The molecule has 0 amide bonds. The first-order chi connectivity index (χ1) is 6.49. The highest BCUT2D eigenvalue weighted by Crippen LogP contribution is 2.41. The smallest absolute Gasteiger partial charge is 0.162 e. The Kier molecular flexibility index (Phi) is 3.30. The van der Waals surface area contributed by atoms with Gasteiger partial charge in [0, 0.05) is 5.92 Å². The summed E-state index contributed by atoms with van der Waals surface area (Å²) < 4.78 is 0. The summed E-state index contributed by atoms with van der Waals surface area (Å²) in [6, 6.07) is 0. The summed E-state index contributed by atoms with van der Waals surface area (Å²) in [5, 5.41) is 0. The lowest BCUT2D eigenvalue weighted by Gasteiger charge is -2.36. The molecule has 0 aromatic heterocycles. The van der Waals surface area contributed by atoms with Crippen LogP contribution in [0.3, 0.4) is 0 Å². The van der Waals surface area contributed by atoms with Crippen LogP contribution in [0, 0.1) is 11.3 Å². The van der Waals surface area contributed by atoms with Gasteiger partial charge in [0.1, 0.15) is 0 Å². The molecule has 0 aliphatic heterocycles. The lowest BCUT2D eigenvalue weighted by atomic mass is 9.67. The van der Waals surface area contributed by atoms with E-state index in [0.717, 1.165) is 12.8 Å². The van der Waals surface area contributed by atoms with E-state index in [1.54, 1.807) is 6.08 Å². The quantitative estimate of drug-likeness (QED) is 0.483. The van der Waals surface area contributed by atoms with Crippen molar-refractivity contribution in [2.24, 2.45) is 11.3 Å².